The van der Waals surface area contributed by atoms with Gasteiger partial charge in [0, 0.05) is 79.5 Å². The molecule has 3 aromatic carbocycles. The second-order valence-corrected chi connectivity index (χ2v) is 24.6. The van der Waals surface area contributed by atoms with Gasteiger partial charge in [0.15, 0.2) is 0 Å². The van der Waals surface area contributed by atoms with E-state index in [2.05, 4.69) is 140 Å². The number of hydrogen-bond acceptors (Lipinski definition) is 7. The number of nitrogens with zero attached hydrogens (tertiary/aromatic N) is 3. The topological polar surface area (TPSA) is 106 Å². The molecule has 0 saturated heterocycles. The minimum atomic E-state index is -1.01. The molecule has 372 valence electrons. The Bertz CT molecular complexity index is 2500. The predicted molar refractivity (Wildman–Crippen MR) is 277 cm³/mol. The number of aliphatic hydroxyl groups excluding tert-OH is 2. The lowest BCUT2D eigenvalue weighted by Crippen LogP contribution is -2.68. The van der Waals surface area contributed by atoms with Crippen LogP contribution in [0.4, 0.5) is 11.4 Å². The van der Waals surface area contributed by atoms with Gasteiger partial charge in [-0.15, -0.1) is 0 Å². The third-order valence-electron chi connectivity index (χ3n) is 21.1. The number of amides is 2. The largest absolute Gasteiger partial charge is 0.456 e. The quantitative estimate of drug-likeness (QED) is 0.174. The molecule has 10 rings (SSSR count). The molecule has 4 saturated carbocycles. The lowest BCUT2D eigenvalue weighted by molar-refractivity contribution is -0.215. The average Bonchev–Trinajstić information content (AvgIpc) is 3.55. The smallest absolute Gasteiger partial charge is 0.255 e. The summed E-state index contributed by atoms with van der Waals surface area (Å²) in [7, 11) is 0. The van der Waals surface area contributed by atoms with Crippen molar-refractivity contribution in [2.24, 2.45) is 50.2 Å². The fraction of sp³-hybridized carbons (Fsp3) is 0.633. The summed E-state index contributed by atoms with van der Waals surface area (Å²) in [5, 5.41) is 27.7. The van der Waals surface area contributed by atoms with Crippen molar-refractivity contribution < 1.29 is 24.5 Å². The number of nitrogens with one attached hydrogen (secondary N) is 1. The van der Waals surface area contributed by atoms with Crippen molar-refractivity contribution >= 4 is 23.2 Å². The van der Waals surface area contributed by atoms with Crippen molar-refractivity contribution in [2.45, 2.75) is 152 Å². The fourth-order valence-electron chi connectivity index (χ4n) is 17.1. The van der Waals surface area contributed by atoms with Crippen LogP contribution in [0.25, 0.3) is 0 Å². The molecule has 0 bridgehead atoms. The third kappa shape index (κ3) is 6.59. The van der Waals surface area contributed by atoms with E-state index in [0.29, 0.717) is 30.2 Å². The Kier molecular flexibility index (Phi) is 11.6. The number of anilines is 2. The van der Waals surface area contributed by atoms with E-state index in [4.69, 9.17) is 4.74 Å². The molecule has 2 amide bonds. The van der Waals surface area contributed by atoms with Gasteiger partial charge in [0.05, 0.1) is 17.6 Å². The van der Waals surface area contributed by atoms with Crippen LogP contribution < -0.4 is 19.9 Å². The van der Waals surface area contributed by atoms with E-state index < -0.39 is 17.1 Å². The number of hydrogen-bond donors (Lipinski definition) is 3. The number of rotatable bonds is 10. The van der Waals surface area contributed by atoms with Gasteiger partial charge < -0.3 is 35.0 Å². The molecule has 0 radical (unpaired) electrons. The standard InChI is InChI=1S/C60H82N4O5/c1-12-62(13-2)38-20-22-43-46(34-38)69-47-35-39(63(14-3)15-4)21-23-44(47)60(43)41-19-17-16-18-40(41)52(67)64(60)33-32-61-53(68)59-31-30-54(5,6)36-45(59)42-24-25-49-56(9)28-27-50(65)55(7,8)48(56)26-29-57(49,10)58(42,11)37-51(59)66/h16-24,34-35,45,48-51,65-66H,12-15,25-33,36-37H2,1-11H3,(H,61,68)/t45-,48+,49-,50+,51-,56+,57-,58-,59-/m1/s1. The van der Waals surface area contributed by atoms with Crippen molar-refractivity contribution in [3.8, 4) is 11.5 Å². The summed E-state index contributed by atoms with van der Waals surface area (Å²) < 4.78 is 6.96. The van der Waals surface area contributed by atoms with Gasteiger partial charge in [-0.2, -0.15) is 0 Å². The molecule has 69 heavy (non-hydrogen) atoms. The lowest BCUT2D eigenvalue weighted by atomic mass is 9.33. The van der Waals surface area contributed by atoms with E-state index in [0.717, 1.165) is 111 Å². The normalized spacial score (nSPS) is 34.1. The van der Waals surface area contributed by atoms with Gasteiger partial charge in [0.2, 0.25) is 5.91 Å². The van der Waals surface area contributed by atoms with E-state index in [1.54, 1.807) is 0 Å². The highest BCUT2D eigenvalue weighted by Gasteiger charge is 2.71. The van der Waals surface area contributed by atoms with Crippen LogP contribution in [0.3, 0.4) is 0 Å². The maximum atomic E-state index is 15.6. The number of aliphatic hydroxyl groups is 2. The molecule has 0 aromatic heterocycles. The summed E-state index contributed by atoms with van der Waals surface area (Å²) in [6.45, 7) is 29.3. The number of carbonyl (C=O) groups is 2. The SMILES string of the molecule is CCN(CC)c1ccc2c(c1)Oc1cc(N(CC)CC)ccc1C21c2ccccc2C(=O)N1CCNC(=O)[C@]12CCC(C)(C)C[C@@H]1C1=CC[C@@H]3[C@@]4(C)CC[C@H](O)C(C)(C)[C@@H]4CC[C@@]3(C)[C@]1(C)C[C@H]2O. The minimum absolute atomic E-state index is 0.0124. The lowest BCUT2D eigenvalue weighted by Gasteiger charge is -2.71. The van der Waals surface area contributed by atoms with Crippen LogP contribution in [-0.4, -0.2) is 78.4 Å². The zero-order valence-corrected chi connectivity index (χ0v) is 43.8. The Labute approximate surface area is 413 Å². The molecular weight excluding hydrogens is 857 g/mol. The van der Waals surface area contributed by atoms with E-state index in [-0.39, 0.29) is 64.0 Å². The third-order valence-corrected chi connectivity index (χ3v) is 21.1. The Balaban J connectivity index is 1.01. The molecule has 4 fully saturated rings. The number of carbonyl (C=O) groups excluding carboxylic acids is 2. The Hall–Kier alpha value is -4.34. The van der Waals surface area contributed by atoms with Crippen LogP contribution in [-0.2, 0) is 10.3 Å². The summed E-state index contributed by atoms with van der Waals surface area (Å²) in [4.78, 5) is 37.3. The summed E-state index contributed by atoms with van der Waals surface area (Å²) in [6, 6.07) is 20.9. The molecule has 0 unspecified atom stereocenters. The predicted octanol–water partition coefficient (Wildman–Crippen LogP) is 11.5. The molecule has 2 heterocycles. The number of allylic oxidation sites excluding steroid dienone is 2. The van der Waals surface area contributed by atoms with Crippen LogP contribution in [0.1, 0.15) is 161 Å². The second kappa shape index (κ2) is 16.6. The summed E-state index contributed by atoms with van der Waals surface area (Å²) >= 11 is 0. The Morgan fingerprint density at radius 1 is 0.739 bits per heavy atom. The molecule has 9 nitrogen and oxygen atoms in total. The summed E-state index contributed by atoms with van der Waals surface area (Å²) in [5.74, 6) is 2.07. The first-order chi connectivity index (χ1) is 32.7. The first-order valence-electron chi connectivity index (χ1n) is 27.0. The van der Waals surface area contributed by atoms with Crippen LogP contribution in [0, 0.1) is 50.2 Å². The van der Waals surface area contributed by atoms with Crippen LogP contribution in [0.15, 0.2) is 72.3 Å². The molecule has 1 spiro atoms. The van der Waals surface area contributed by atoms with Crippen LogP contribution in [0.2, 0.25) is 0 Å². The first kappa shape index (κ1) is 48.3. The zero-order valence-electron chi connectivity index (χ0n) is 43.8. The maximum absolute atomic E-state index is 15.6. The van der Waals surface area contributed by atoms with E-state index in [9.17, 15) is 10.2 Å². The van der Waals surface area contributed by atoms with Crippen LogP contribution >= 0.6 is 0 Å². The molecule has 2 aliphatic heterocycles. The van der Waals surface area contributed by atoms with Crippen molar-refractivity contribution in [1.29, 1.82) is 0 Å². The van der Waals surface area contributed by atoms with E-state index >= 15 is 9.59 Å². The van der Waals surface area contributed by atoms with Gasteiger partial charge in [-0.25, -0.2) is 0 Å². The highest BCUT2D eigenvalue weighted by molar-refractivity contribution is 6.02. The molecule has 5 aliphatic carbocycles. The maximum Gasteiger partial charge on any atom is 0.255 e. The highest BCUT2D eigenvalue weighted by Crippen LogP contribution is 2.76. The van der Waals surface area contributed by atoms with Gasteiger partial charge in [-0.3, -0.25) is 9.59 Å². The number of benzene rings is 3. The van der Waals surface area contributed by atoms with Gasteiger partial charge in [0.25, 0.3) is 5.91 Å². The Morgan fingerprint density at radius 2 is 1.36 bits per heavy atom. The molecule has 3 N–H and O–H groups in total. The van der Waals surface area contributed by atoms with Gasteiger partial charge in [-0.1, -0.05) is 90.4 Å². The summed E-state index contributed by atoms with van der Waals surface area (Å²) in [5.41, 5.74) is 4.57. The van der Waals surface area contributed by atoms with Crippen molar-refractivity contribution in [3.63, 3.8) is 0 Å². The van der Waals surface area contributed by atoms with E-state index in [1.165, 1.54) is 5.57 Å². The van der Waals surface area contributed by atoms with Crippen LogP contribution in [0.5, 0.6) is 11.5 Å². The van der Waals surface area contributed by atoms with Gasteiger partial charge >= 0.3 is 0 Å². The van der Waals surface area contributed by atoms with Crippen molar-refractivity contribution in [1.82, 2.24) is 10.2 Å². The van der Waals surface area contributed by atoms with Crippen molar-refractivity contribution in [3.05, 3.63) is 94.6 Å². The zero-order chi connectivity index (χ0) is 49.3. The first-order valence-corrected chi connectivity index (χ1v) is 27.0. The molecular formula is C60H82N4O5. The fourth-order valence-corrected chi connectivity index (χ4v) is 17.1. The molecule has 9 heteroatoms. The minimum Gasteiger partial charge on any atom is -0.456 e. The Morgan fingerprint density at radius 3 is 1.99 bits per heavy atom. The highest BCUT2D eigenvalue weighted by atomic mass is 16.5. The van der Waals surface area contributed by atoms with Gasteiger partial charge in [0.1, 0.15) is 17.0 Å². The molecule has 3 aromatic rings. The second-order valence-electron chi connectivity index (χ2n) is 24.6. The van der Waals surface area contributed by atoms with Gasteiger partial charge in [-0.05, 0) is 154 Å². The van der Waals surface area contributed by atoms with E-state index in [1.807, 2.05) is 23.1 Å². The van der Waals surface area contributed by atoms with Crippen molar-refractivity contribution in [2.75, 3.05) is 49.1 Å². The molecule has 9 atom stereocenters. The number of ether oxygens (including phenoxy) is 1. The number of fused-ring (bicyclic) bond motifs is 13. The summed E-state index contributed by atoms with van der Waals surface area (Å²) in [6.07, 6.45) is 9.31. The monoisotopic (exact) mass is 939 g/mol. The molecule has 7 aliphatic rings. The average molecular weight is 939 g/mol.